The quantitative estimate of drug-likeness (QED) is 0.521. The largest absolute Gasteiger partial charge is 0.493 e. The average Bonchev–Trinajstić information content (AvgIpc) is 2.80. The van der Waals surface area contributed by atoms with Crippen molar-refractivity contribution in [3.63, 3.8) is 0 Å². The summed E-state index contributed by atoms with van der Waals surface area (Å²) in [5.74, 6) is 0.257. The maximum atomic E-state index is 13.1. The first-order valence-electron chi connectivity index (χ1n) is 9.63. The lowest BCUT2D eigenvalue weighted by molar-refractivity contribution is -0.139. The van der Waals surface area contributed by atoms with Crippen LogP contribution >= 0.6 is 11.8 Å². The SMILES string of the molecule is COc1ccc(-c2cc(C(=O)N[C@@H](CCSC)C(=O)O)c3ccccc3n2)cc1OC. The van der Waals surface area contributed by atoms with E-state index in [1.807, 2.05) is 30.5 Å². The highest BCUT2D eigenvalue weighted by molar-refractivity contribution is 7.98. The zero-order valence-corrected chi connectivity index (χ0v) is 18.4. The van der Waals surface area contributed by atoms with Crippen molar-refractivity contribution < 1.29 is 24.2 Å². The number of carbonyl (C=O) groups is 2. The number of hydrogen-bond donors (Lipinski definition) is 2. The summed E-state index contributed by atoms with van der Waals surface area (Å²) in [5.41, 5.74) is 2.32. The third-order valence-electron chi connectivity index (χ3n) is 4.85. The zero-order chi connectivity index (χ0) is 22.4. The van der Waals surface area contributed by atoms with E-state index in [4.69, 9.17) is 9.47 Å². The molecule has 0 aliphatic carbocycles. The number of benzene rings is 2. The summed E-state index contributed by atoms with van der Waals surface area (Å²) in [4.78, 5) is 29.4. The summed E-state index contributed by atoms with van der Waals surface area (Å²) in [5, 5.41) is 12.8. The van der Waals surface area contributed by atoms with Gasteiger partial charge < -0.3 is 19.9 Å². The molecule has 0 aliphatic heterocycles. The van der Waals surface area contributed by atoms with Crippen LogP contribution in [0.4, 0.5) is 0 Å². The lowest BCUT2D eigenvalue weighted by Crippen LogP contribution is -2.41. The smallest absolute Gasteiger partial charge is 0.326 e. The Bertz CT molecular complexity index is 1100. The summed E-state index contributed by atoms with van der Waals surface area (Å²) >= 11 is 1.53. The predicted octanol–water partition coefficient (Wildman–Crippen LogP) is 3.86. The highest BCUT2D eigenvalue weighted by Crippen LogP contribution is 2.33. The minimum atomic E-state index is -1.05. The number of amides is 1. The third kappa shape index (κ3) is 5.08. The van der Waals surface area contributed by atoms with E-state index >= 15 is 0 Å². The number of para-hydroxylation sites is 1. The molecule has 0 aliphatic rings. The molecule has 3 rings (SSSR count). The number of hydrogen-bond acceptors (Lipinski definition) is 6. The zero-order valence-electron chi connectivity index (χ0n) is 17.5. The predicted molar refractivity (Wildman–Crippen MR) is 122 cm³/mol. The van der Waals surface area contributed by atoms with Crippen LogP contribution in [0.3, 0.4) is 0 Å². The molecule has 2 N–H and O–H groups in total. The lowest BCUT2D eigenvalue weighted by Gasteiger charge is -2.16. The summed E-state index contributed by atoms with van der Waals surface area (Å²) in [6.45, 7) is 0. The standard InChI is InChI=1S/C23H24N2O5S/c1-29-20-9-8-14(12-21(20)30-2)19-13-16(15-6-4-5-7-17(15)24-19)22(26)25-18(23(27)28)10-11-31-3/h4-9,12-13,18H,10-11H2,1-3H3,(H,25,26)(H,27,28)/t18-/m0/s1. The van der Waals surface area contributed by atoms with Gasteiger partial charge in [-0.15, -0.1) is 0 Å². The summed E-state index contributed by atoms with van der Waals surface area (Å²) in [7, 11) is 3.11. The number of nitrogens with zero attached hydrogens (tertiary/aromatic N) is 1. The number of aliphatic carboxylic acids is 1. The van der Waals surface area contributed by atoms with E-state index in [1.165, 1.54) is 11.8 Å². The van der Waals surface area contributed by atoms with E-state index in [1.54, 1.807) is 38.5 Å². The molecule has 0 saturated carbocycles. The number of carboxylic acids is 1. The van der Waals surface area contributed by atoms with Crippen LogP contribution < -0.4 is 14.8 Å². The first kappa shape index (κ1) is 22.4. The molecule has 0 radical (unpaired) electrons. The number of pyridine rings is 1. The van der Waals surface area contributed by atoms with Crippen LogP contribution in [0.25, 0.3) is 22.2 Å². The Kier molecular flexibility index (Phi) is 7.36. The van der Waals surface area contributed by atoms with Gasteiger partial charge in [0.05, 0.1) is 31.0 Å². The molecule has 1 heterocycles. The second kappa shape index (κ2) is 10.2. The summed E-state index contributed by atoms with van der Waals surface area (Å²) in [6.07, 6.45) is 2.24. The van der Waals surface area contributed by atoms with Crippen molar-refractivity contribution in [3.05, 3.63) is 54.1 Å². The number of methoxy groups -OCH3 is 2. The second-order valence-electron chi connectivity index (χ2n) is 6.79. The van der Waals surface area contributed by atoms with Gasteiger partial charge in [0.1, 0.15) is 6.04 Å². The molecule has 1 aromatic heterocycles. The van der Waals surface area contributed by atoms with Gasteiger partial charge in [0.15, 0.2) is 11.5 Å². The van der Waals surface area contributed by atoms with Crippen molar-refractivity contribution in [3.8, 4) is 22.8 Å². The summed E-state index contributed by atoms with van der Waals surface area (Å²) < 4.78 is 10.7. The van der Waals surface area contributed by atoms with Crippen LogP contribution in [0.2, 0.25) is 0 Å². The van der Waals surface area contributed by atoms with Crippen LogP contribution in [-0.4, -0.2) is 54.2 Å². The van der Waals surface area contributed by atoms with E-state index in [-0.39, 0.29) is 0 Å². The number of rotatable bonds is 9. The van der Waals surface area contributed by atoms with Gasteiger partial charge >= 0.3 is 5.97 Å². The number of carboxylic acid groups (broad SMARTS) is 1. The van der Waals surface area contributed by atoms with Crippen molar-refractivity contribution in [1.29, 1.82) is 0 Å². The third-order valence-corrected chi connectivity index (χ3v) is 5.50. The van der Waals surface area contributed by atoms with Gasteiger partial charge in [0.2, 0.25) is 0 Å². The van der Waals surface area contributed by atoms with Crippen LogP contribution in [0.1, 0.15) is 16.8 Å². The molecule has 3 aromatic rings. The molecule has 8 heteroatoms. The van der Waals surface area contributed by atoms with Gasteiger partial charge in [-0.2, -0.15) is 11.8 Å². The number of carbonyl (C=O) groups excluding carboxylic acids is 1. The minimum absolute atomic E-state index is 0.341. The highest BCUT2D eigenvalue weighted by Gasteiger charge is 2.22. The van der Waals surface area contributed by atoms with E-state index in [9.17, 15) is 14.7 Å². The second-order valence-corrected chi connectivity index (χ2v) is 7.77. The first-order valence-corrected chi connectivity index (χ1v) is 11.0. The molecule has 1 amide bonds. The van der Waals surface area contributed by atoms with Gasteiger partial charge in [-0.3, -0.25) is 4.79 Å². The molecule has 162 valence electrons. The minimum Gasteiger partial charge on any atom is -0.493 e. The molecule has 7 nitrogen and oxygen atoms in total. The molecule has 0 fully saturated rings. The normalized spacial score (nSPS) is 11.7. The van der Waals surface area contributed by atoms with Gasteiger partial charge in [0.25, 0.3) is 5.91 Å². The van der Waals surface area contributed by atoms with Crippen LogP contribution in [0, 0.1) is 0 Å². The van der Waals surface area contributed by atoms with Crippen molar-refractivity contribution >= 4 is 34.5 Å². The maximum absolute atomic E-state index is 13.1. The Morgan fingerprint density at radius 1 is 1.10 bits per heavy atom. The molecule has 0 unspecified atom stereocenters. The Morgan fingerprint density at radius 2 is 1.84 bits per heavy atom. The van der Waals surface area contributed by atoms with Gasteiger partial charge in [-0.25, -0.2) is 9.78 Å². The van der Waals surface area contributed by atoms with Gasteiger partial charge in [-0.1, -0.05) is 18.2 Å². The fourth-order valence-electron chi connectivity index (χ4n) is 3.24. The Labute approximate surface area is 184 Å². The van der Waals surface area contributed by atoms with Gasteiger partial charge in [0, 0.05) is 10.9 Å². The average molecular weight is 441 g/mol. The topological polar surface area (TPSA) is 97.8 Å². The van der Waals surface area contributed by atoms with Crippen molar-refractivity contribution in [2.75, 3.05) is 26.2 Å². The van der Waals surface area contributed by atoms with E-state index < -0.39 is 17.9 Å². The van der Waals surface area contributed by atoms with E-state index in [0.717, 1.165) is 5.56 Å². The summed E-state index contributed by atoms with van der Waals surface area (Å²) in [6, 6.07) is 13.4. The van der Waals surface area contributed by atoms with Crippen LogP contribution in [0.15, 0.2) is 48.5 Å². The monoisotopic (exact) mass is 440 g/mol. The molecular weight excluding hydrogens is 416 g/mol. The number of fused-ring (bicyclic) bond motifs is 1. The van der Waals surface area contributed by atoms with Crippen LogP contribution in [0.5, 0.6) is 11.5 Å². The lowest BCUT2D eigenvalue weighted by atomic mass is 10.0. The number of ether oxygens (including phenoxy) is 2. The molecule has 2 aromatic carbocycles. The Balaban J connectivity index is 2.05. The Morgan fingerprint density at radius 3 is 2.52 bits per heavy atom. The first-order chi connectivity index (χ1) is 15.0. The molecule has 31 heavy (non-hydrogen) atoms. The van der Waals surface area contributed by atoms with Crippen molar-refractivity contribution in [2.45, 2.75) is 12.5 Å². The van der Waals surface area contributed by atoms with Crippen molar-refractivity contribution in [2.24, 2.45) is 0 Å². The maximum Gasteiger partial charge on any atom is 0.326 e. The van der Waals surface area contributed by atoms with E-state index in [0.29, 0.717) is 45.8 Å². The number of nitrogens with one attached hydrogen (secondary N) is 1. The number of thioether (sulfide) groups is 1. The molecule has 1 atom stereocenters. The fourth-order valence-corrected chi connectivity index (χ4v) is 3.71. The molecule has 0 bridgehead atoms. The molecule has 0 spiro atoms. The highest BCUT2D eigenvalue weighted by atomic mass is 32.2. The van der Waals surface area contributed by atoms with E-state index in [2.05, 4.69) is 10.3 Å². The van der Waals surface area contributed by atoms with Gasteiger partial charge in [-0.05, 0) is 48.8 Å². The molecule has 0 saturated heterocycles. The molecular formula is C23H24N2O5S. The fraction of sp³-hybridized carbons (Fsp3) is 0.261. The Hall–Kier alpha value is -3.26. The van der Waals surface area contributed by atoms with Crippen molar-refractivity contribution in [1.82, 2.24) is 10.3 Å². The van der Waals surface area contributed by atoms with Crippen LogP contribution in [-0.2, 0) is 4.79 Å². The number of aromatic nitrogens is 1.